The highest BCUT2D eigenvalue weighted by Gasteiger charge is 2.33. The Balaban J connectivity index is 1.79. The average molecular weight is 470 g/mol. The molecular formula is C22H23ClF3N3O3. The molecule has 32 heavy (non-hydrogen) atoms. The standard InChI is InChI=1S/C22H23ClF3N3O3/c23-17-13-14(28-21(31)18-6-3-4-12-29(18)20(30)10-11-27)8-9-15(17)16-5-1-2-7-19(16)32-22(24,25)26/h1-2,5,7-9,13,18H,3-4,6,10-12,27H2,(H,28,31)/t18-/m1/s1. The van der Waals surface area contributed by atoms with Crippen molar-refractivity contribution in [3.05, 3.63) is 47.5 Å². The highest BCUT2D eigenvalue weighted by molar-refractivity contribution is 6.33. The van der Waals surface area contributed by atoms with Crippen LogP contribution in [0.25, 0.3) is 11.1 Å². The maximum atomic E-state index is 12.8. The van der Waals surface area contributed by atoms with Crippen LogP contribution in [-0.4, -0.2) is 42.2 Å². The number of para-hydroxylation sites is 1. The third-order valence-electron chi connectivity index (χ3n) is 5.12. The number of anilines is 1. The number of ether oxygens (including phenoxy) is 1. The van der Waals surface area contributed by atoms with Gasteiger partial charge in [0.15, 0.2) is 0 Å². The van der Waals surface area contributed by atoms with Crippen molar-refractivity contribution in [2.24, 2.45) is 5.73 Å². The van der Waals surface area contributed by atoms with Crippen LogP contribution in [0.3, 0.4) is 0 Å². The molecule has 1 aliphatic rings. The molecule has 0 aliphatic carbocycles. The molecule has 0 unspecified atom stereocenters. The maximum Gasteiger partial charge on any atom is 0.573 e. The van der Waals surface area contributed by atoms with E-state index < -0.39 is 12.4 Å². The van der Waals surface area contributed by atoms with Gasteiger partial charge in [-0.15, -0.1) is 13.2 Å². The van der Waals surface area contributed by atoms with Crippen molar-refractivity contribution in [2.45, 2.75) is 38.1 Å². The van der Waals surface area contributed by atoms with Crippen LogP contribution in [0.4, 0.5) is 18.9 Å². The van der Waals surface area contributed by atoms with Gasteiger partial charge < -0.3 is 20.7 Å². The fourth-order valence-electron chi connectivity index (χ4n) is 3.71. The van der Waals surface area contributed by atoms with Crippen LogP contribution >= 0.6 is 11.6 Å². The smallest absolute Gasteiger partial charge is 0.405 e. The van der Waals surface area contributed by atoms with Gasteiger partial charge in [-0.1, -0.05) is 35.9 Å². The molecule has 3 rings (SSSR count). The van der Waals surface area contributed by atoms with E-state index >= 15 is 0 Å². The third-order valence-corrected chi connectivity index (χ3v) is 5.44. The first-order valence-electron chi connectivity index (χ1n) is 10.1. The molecule has 2 aromatic carbocycles. The van der Waals surface area contributed by atoms with Gasteiger partial charge in [-0.2, -0.15) is 0 Å². The summed E-state index contributed by atoms with van der Waals surface area (Å²) in [6.45, 7) is 0.701. The lowest BCUT2D eigenvalue weighted by molar-refractivity contribution is -0.274. The van der Waals surface area contributed by atoms with Gasteiger partial charge >= 0.3 is 6.36 Å². The number of nitrogens with zero attached hydrogens (tertiary/aromatic N) is 1. The Bertz CT molecular complexity index is 984. The summed E-state index contributed by atoms with van der Waals surface area (Å²) in [7, 11) is 0. The van der Waals surface area contributed by atoms with Crippen molar-refractivity contribution in [3.8, 4) is 16.9 Å². The summed E-state index contributed by atoms with van der Waals surface area (Å²) in [4.78, 5) is 26.7. The molecule has 1 saturated heterocycles. The van der Waals surface area contributed by atoms with Gasteiger partial charge in [-0.05, 0) is 37.5 Å². The summed E-state index contributed by atoms with van der Waals surface area (Å²) in [5, 5.41) is 2.89. The van der Waals surface area contributed by atoms with Gasteiger partial charge in [0, 0.05) is 36.3 Å². The molecule has 0 spiro atoms. The summed E-state index contributed by atoms with van der Waals surface area (Å²) in [5.41, 5.74) is 6.33. The van der Waals surface area contributed by atoms with Crippen molar-refractivity contribution < 1.29 is 27.5 Å². The van der Waals surface area contributed by atoms with E-state index in [9.17, 15) is 22.8 Å². The zero-order valence-corrected chi connectivity index (χ0v) is 17.9. The Morgan fingerprint density at radius 2 is 1.91 bits per heavy atom. The van der Waals surface area contributed by atoms with Crippen LogP contribution in [0.15, 0.2) is 42.5 Å². The fourth-order valence-corrected chi connectivity index (χ4v) is 3.99. The number of benzene rings is 2. The molecular weight excluding hydrogens is 447 g/mol. The van der Waals surface area contributed by atoms with Crippen LogP contribution in [0, 0.1) is 0 Å². The van der Waals surface area contributed by atoms with E-state index in [0.29, 0.717) is 24.2 Å². The number of amides is 2. The minimum absolute atomic E-state index is 0.140. The lowest BCUT2D eigenvalue weighted by Gasteiger charge is -2.34. The zero-order chi connectivity index (χ0) is 23.3. The van der Waals surface area contributed by atoms with Crippen molar-refractivity contribution in [1.82, 2.24) is 4.90 Å². The fraction of sp³-hybridized carbons (Fsp3) is 0.364. The molecule has 0 saturated carbocycles. The number of alkyl halides is 3. The highest BCUT2D eigenvalue weighted by atomic mass is 35.5. The van der Waals surface area contributed by atoms with Gasteiger partial charge in [0.25, 0.3) is 0 Å². The SMILES string of the molecule is NCCC(=O)N1CCCC[C@@H]1C(=O)Nc1ccc(-c2ccccc2OC(F)(F)F)c(Cl)c1. The average Bonchev–Trinajstić information content (AvgIpc) is 2.73. The quantitative estimate of drug-likeness (QED) is 0.649. The first kappa shape index (κ1) is 23.9. The molecule has 6 nitrogen and oxygen atoms in total. The number of nitrogens with two attached hydrogens (primary N) is 1. The van der Waals surface area contributed by atoms with E-state index in [2.05, 4.69) is 10.1 Å². The normalized spacial score (nSPS) is 16.5. The van der Waals surface area contributed by atoms with Gasteiger partial charge in [0.05, 0.1) is 5.02 Å². The number of nitrogens with one attached hydrogen (secondary N) is 1. The summed E-state index contributed by atoms with van der Waals surface area (Å²) >= 11 is 6.33. The number of piperidine rings is 1. The number of rotatable bonds is 6. The number of hydrogen-bond acceptors (Lipinski definition) is 4. The molecule has 1 heterocycles. The minimum Gasteiger partial charge on any atom is -0.405 e. The third kappa shape index (κ3) is 5.92. The van der Waals surface area contributed by atoms with Crippen molar-refractivity contribution in [3.63, 3.8) is 0 Å². The second kappa shape index (κ2) is 10.2. The lowest BCUT2D eigenvalue weighted by atomic mass is 10.0. The second-order valence-electron chi connectivity index (χ2n) is 7.37. The van der Waals surface area contributed by atoms with Crippen LogP contribution in [0.2, 0.25) is 5.02 Å². The van der Waals surface area contributed by atoms with Crippen molar-refractivity contribution >= 4 is 29.1 Å². The predicted octanol–water partition coefficient (Wildman–Crippen LogP) is 4.57. The van der Waals surface area contributed by atoms with Crippen LogP contribution in [0.5, 0.6) is 5.75 Å². The van der Waals surface area contributed by atoms with Crippen LogP contribution < -0.4 is 15.8 Å². The molecule has 3 N–H and O–H groups in total. The van der Waals surface area contributed by atoms with Crippen molar-refractivity contribution in [2.75, 3.05) is 18.4 Å². The molecule has 2 amide bonds. The van der Waals surface area contributed by atoms with Gasteiger partial charge in [-0.3, -0.25) is 9.59 Å². The number of halogens is 4. The van der Waals surface area contributed by atoms with Gasteiger partial charge in [0.1, 0.15) is 11.8 Å². The number of hydrogen-bond donors (Lipinski definition) is 2. The second-order valence-corrected chi connectivity index (χ2v) is 7.77. The Kier molecular flexibility index (Phi) is 7.63. The molecule has 2 aromatic rings. The Labute approximate surface area is 188 Å². The van der Waals surface area contributed by atoms with Crippen LogP contribution in [0.1, 0.15) is 25.7 Å². The molecule has 1 aliphatic heterocycles. The topological polar surface area (TPSA) is 84.7 Å². The summed E-state index contributed by atoms with van der Waals surface area (Å²) in [6.07, 6.45) is -2.50. The summed E-state index contributed by atoms with van der Waals surface area (Å²) in [6, 6.07) is 9.55. The summed E-state index contributed by atoms with van der Waals surface area (Å²) < 4.78 is 42.3. The van der Waals surface area contributed by atoms with E-state index in [4.69, 9.17) is 17.3 Å². The molecule has 1 fully saturated rings. The van der Waals surface area contributed by atoms with E-state index in [-0.39, 0.29) is 41.1 Å². The lowest BCUT2D eigenvalue weighted by Crippen LogP contribution is -2.50. The van der Waals surface area contributed by atoms with Crippen molar-refractivity contribution in [1.29, 1.82) is 0 Å². The molecule has 0 radical (unpaired) electrons. The predicted molar refractivity (Wildman–Crippen MR) is 115 cm³/mol. The largest absolute Gasteiger partial charge is 0.573 e. The van der Waals surface area contributed by atoms with E-state index in [1.807, 2.05) is 0 Å². The number of carbonyl (C=O) groups is 2. The first-order valence-corrected chi connectivity index (χ1v) is 10.5. The summed E-state index contributed by atoms with van der Waals surface area (Å²) in [5.74, 6) is -0.892. The minimum atomic E-state index is -4.84. The zero-order valence-electron chi connectivity index (χ0n) is 17.1. The molecule has 0 aromatic heterocycles. The highest BCUT2D eigenvalue weighted by Crippen LogP contribution is 2.38. The first-order chi connectivity index (χ1) is 15.2. The van der Waals surface area contributed by atoms with E-state index in [1.54, 1.807) is 17.0 Å². The Morgan fingerprint density at radius 3 is 2.59 bits per heavy atom. The van der Waals surface area contributed by atoms with Crippen LogP contribution in [-0.2, 0) is 9.59 Å². The van der Waals surface area contributed by atoms with Gasteiger partial charge in [-0.25, -0.2) is 0 Å². The molecule has 1 atom stereocenters. The number of likely N-dealkylation sites (tertiary alicyclic amines) is 1. The molecule has 172 valence electrons. The van der Waals surface area contributed by atoms with E-state index in [0.717, 1.165) is 12.8 Å². The maximum absolute atomic E-state index is 12.8. The number of carbonyl (C=O) groups excluding carboxylic acids is 2. The Morgan fingerprint density at radius 1 is 1.16 bits per heavy atom. The molecule has 0 bridgehead atoms. The van der Waals surface area contributed by atoms with Gasteiger partial charge in [0.2, 0.25) is 11.8 Å². The van der Waals surface area contributed by atoms with E-state index in [1.165, 1.54) is 30.3 Å². The molecule has 10 heteroatoms. The Hall–Kier alpha value is -2.78. The monoisotopic (exact) mass is 469 g/mol.